The van der Waals surface area contributed by atoms with Crippen molar-refractivity contribution in [1.82, 2.24) is 5.32 Å². The Balaban J connectivity index is 2.36. The average molecular weight is 260 g/mol. The molecule has 3 heteroatoms. The van der Waals surface area contributed by atoms with Gasteiger partial charge in [0.1, 0.15) is 0 Å². The van der Waals surface area contributed by atoms with E-state index in [2.05, 4.69) is 21.2 Å². The molecule has 0 unspecified atom stereocenters. The lowest BCUT2D eigenvalue weighted by Crippen LogP contribution is -2.09. The number of nitrogens with one attached hydrogen (secondary N) is 1. The van der Waals surface area contributed by atoms with Crippen LogP contribution in [0.25, 0.3) is 0 Å². The SMILES string of the molecule is CNCc1c(Br)sc2c1CCCC2. The number of halogens is 1. The molecule has 0 radical (unpaired) electrons. The van der Waals surface area contributed by atoms with Gasteiger partial charge in [-0.05, 0) is 59.8 Å². The van der Waals surface area contributed by atoms with Crippen LogP contribution in [0.3, 0.4) is 0 Å². The molecule has 1 nitrogen and oxygen atoms in total. The molecule has 0 aliphatic heterocycles. The van der Waals surface area contributed by atoms with E-state index in [0.717, 1.165) is 6.54 Å². The van der Waals surface area contributed by atoms with Gasteiger partial charge in [-0.15, -0.1) is 11.3 Å². The van der Waals surface area contributed by atoms with Crippen LogP contribution in [0.1, 0.15) is 28.8 Å². The molecule has 0 amide bonds. The molecule has 72 valence electrons. The van der Waals surface area contributed by atoms with Gasteiger partial charge >= 0.3 is 0 Å². The second kappa shape index (κ2) is 4.11. The van der Waals surface area contributed by atoms with Crippen molar-refractivity contribution in [2.75, 3.05) is 7.05 Å². The zero-order chi connectivity index (χ0) is 9.26. The molecule has 1 aliphatic rings. The zero-order valence-electron chi connectivity index (χ0n) is 7.82. The Morgan fingerprint density at radius 3 is 2.92 bits per heavy atom. The highest BCUT2D eigenvalue weighted by atomic mass is 79.9. The summed E-state index contributed by atoms with van der Waals surface area (Å²) < 4.78 is 1.34. The van der Waals surface area contributed by atoms with Gasteiger partial charge in [-0.3, -0.25) is 0 Å². The topological polar surface area (TPSA) is 12.0 Å². The van der Waals surface area contributed by atoms with Crippen molar-refractivity contribution >= 4 is 27.3 Å². The fourth-order valence-corrected chi connectivity index (χ4v) is 4.05. The Hall–Kier alpha value is 0.140. The Bertz CT molecular complexity index is 306. The fourth-order valence-electron chi connectivity index (χ4n) is 1.95. The van der Waals surface area contributed by atoms with Crippen molar-refractivity contribution in [1.29, 1.82) is 0 Å². The minimum absolute atomic E-state index is 1.01. The molecule has 1 aromatic rings. The lowest BCUT2D eigenvalue weighted by atomic mass is 9.96. The maximum Gasteiger partial charge on any atom is 0.0749 e. The van der Waals surface area contributed by atoms with E-state index in [9.17, 15) is 0 Å². The van der Waals surface area contributed by atoms with Gasteiger partial charge in [0.2, 0.25) is 0 Å². The van der Waals surface area contributed by atoms with Gasteiger partial charge in [-0.1, -0.05) is 0 Å². The van der Waals surface area contributed by atoms with Crippen LogP contribution in [0.2, 0.25) is 0 Å². The van der Waals surface area contributed by atoms with E-state index in [1.54, 1.807) is 10.4 Å². The molecule has 1 heterocycles. The van der Waals surface area contributed by atoms with Crippen LogP contribution in [-0.2, 0) is 19.4 Å². The van der Waals surface area contributed by atoms with Gasteiger partial charge in [0, 0.05) is 11.4 Å². The molecule has 1 N–H and O–H groups in total. The number of hydrogen-bond donors (Lipinski definition) is 1. The molecule has 0 atom stereocenters. The summed E-state index contributed by atoms with van der Waals surface area (Å²) in [7, 11) is 2.01. The first kappa shape index (κ1) is 9.69. The number of fused-ring (bicyclic) bond motifs is 1. The number of thiophene rings is 1. The third-order valence-electron chi connectivity index (χ3n) is 2.59. The quantitative estimate of drug-likeness (QED) is 0.861. The van der Waals surface area contributed by atoms with Crippen molar-refractivity contribution < 1.29 is 0 Å². The largest absolute Gasteiger partial charge is 0.316 e. The monoisotopic (exact) mass is 259 g/mol. The van der Waals surface area contributed by atoms with Crippen LogP contribution in [0, 0.1) is 0 Å². The smallest absolute Gasteiger partial charge is 0.0749 e. The predicted octanol–water partition coefficient (Wildman–Crippen LogP) is 3.11. The highest BCUT2D eigenvalue weighted by Crippen LogP contribution is 2.37. The molecule has 0 saturated heterocycles. The first-order valence-electron chi connectivity index (χ1n) is 4.76. The summed E-state index contributed by atoms with van der Waals surface area (Å²) in [5.41, 5.74) is 3.12. The number of hydrogen-bond acceptors (Lipinski definition) is 2. The van der Waals surface area contributed by atoms with Gasteiger partial charge < -0.3 is 5.32 Å². The van der Waals surface area contributed by atoms with Gasteiger partial charge in [0.25, 0.3) is 0 Å². The van der Waals surface area contributed by atoms with E-state index < -0.39 is 0 Å². The standard InChI is InChI=1S/C10H14BrNS/c1-12-6-8-7-4-2-3-5-9(7)13-10(8)11/h12H,2-6H2,1H3. The molecule has 1 aromatic heterocycles. The van der Waals surface area contributed by atoms with Crippen molar-refractivity contribution in [2.45, 2.75) is 32.2 Å². The second-order valence-electron chi connectivity index (χ2n) is 3.49. The minimum atomic E-state index is 1.01. The molecule has 0 bridgehead atoms. The Kier molecular flexibility index (Phi) is 3.06. The van der Waals surface area contributed by atoms with E-state index in [1.165, 1.54) is 35.0 Å². The Morgan fingerprint density at radius 2 is 2.15 bits per heavy atom. The van der Waals surface area contributed by atoms with Crippen LogP contribution < -0.4 is 5.32 Å². The molecule has 2 rings (SSSR count). The molecule has 0 aromatic carbocycles. The maximum absolute atomic E-state index is 3.66. The first-order chi connectivity index (χ1) is 6.33. The zero-order valence-corrected chi connectivity index (χ0v) is 10.2. The van der Waals surface area contributed by atoms with Crippen LogP contribution >= 0.6 is 27.3 Å². The van der Waals surface area contributed by atoms with Crippen LogP contribution in [-0.4, -0.2) is 7.05 Å². The first-order valence-corrected chi connectivity index (χ1v) is 6.37. The summed E-state index contributed by atoms with van der Waals surface area (Å²) in [6.07, 6.45) is 5.32. The minimum Gasteiger partial charge on any atom is -0.316 e. The van der Waals surface area contributed by atoms with Crippen molar-refractivity contribution in [3.05, 3.63) is 19.8 Å². The van der Waals surface area contributed by atoms with Gasteiger partial charge in [-0.25, -0.2) is 0 Å². The van der Waals surface area contributed by atoms with E-state index in [-0.39, 0.29) is 0 Å². The summed E-state index contributed by atoms with van der Waals surface area (Å²) in [5, 5.41) is 3.24. The van der Waals surface area contributed by atoms with Crippen LogP contribution in [0.15, 0.2) is 3.79 Å². The van der Waals surface area contributed by atoms with Gasteiger partial charge in [0.15, 0.2) is 0 Å². The summed E-state index contributed by atoms with van der Waals surface area (Å²) in [6, 6.07) is 0. The van der Waals surface area contributed by atoms with Crippen LogP contribution in [0.5, 0.6) is 0 Å². The third kappa shape index (κ3) is 1.83. The average Bonchev–Trinajstić information content (AvgIpc) is 2.44. The summed E-state index contributed by atoms with van der Waals surface area (Å²) >= 11 is 5.59. The molecule has 0 spiro atoms. The lowest BCUT2D eigenvalue weighted by molar-refractivity contribution is 0.684. The Morgan fingerprint density at radius 1 is 1.38 bits per heavy atom. The van der Waals surface area contributed by atoms with E-state index in [0.29, 0.717) is 0 Å². The molecule has 1 aliphatic carbocycles. The highest BCUT2D eigenvalue weighted by molar-refractivity contribution is 9.11. The normalized spacial score (nSPS) is 15.8. The number of aryl methyl sites for hydroxylation is 1. The van der Waals surface area contributed by atoms with Crippen molar-refractivity contribution in [3.63, 3.8) is 0 Å². The highest BCUT2D eigenvalue weighted by Gasteiger charge is 2.18. The molecule has 0 fully saturated rings. The second-order valence-corrected chi connectivity index (χ2v) is 5.92. The summed E-state index contributed by atoms with van der Waals surface area (Å²) in [4.78, 5) is 1.61. The lowest BCUT2D eigenvalue weighted by Gasteiger charge is -2.12. The van der Waals surface area contributed by atoms with Crippen LogP contribution in [0.4, 0.5) is 0 Å². The van der Waals surface area contributed by atoms with Gasteiger partial charge in [0.05, 0.1) is 3.79 Å². The summed E-state index contributed by atoms with van der Waals surface area (Å²) in [5.74, 6) is 0. The molecule has 0 saturated carbocycles. The van der Waals surface area contributed by atoms with E-state index in [1.807, 2.05) is 18.4 Å². The molecular formula is C10H14BrNS. The Labute approximate surface area is 91.7 Å². The van der Waals surface area contributed by atoms with E-state index in [4.69, 9.17) is 0 Å². The predicted molar refractivity (Wildman–Crippen MR) is 61.4 cm³/mol. The number of rotatable bonds is 2. The van der Waals surface area contributed by atoms with Crippen molar-refractivity contribution in [2.24, 2.45) is 0 Å². The fraction of sp³-hybridized carbons (Fsp3) is 0.600. The maximum atomic E-state index is 3.66. The molecular weight excluding hydrogens is 246 g/mol. The molecule has 13 heavy (non-hydrogen) atoms. The van der Waals surface area contributed by atoms with E-state index >= 15 is 0 Å². The summed E-state index contributed by atoms with van der Waals surface area (Å²) in [6.45, 7) is 1.01. The van der Waals surface area contributed by atoms with Crippen molar-refractivity contribution in [3.8, 4) is 0 Å². The van der Waals surface area contributed by atoms with Gasteiger partial charge in [-0.2, -0.15) is 0 Å². The third-order valence-corrected chi connectivity index (χ3v) is 4.67.